The van der Waals surface area contributed by atoms with Gasteiger partial charge in [0, 0.05) is 43.3 Å². The normalized spacial score (nSPS) is 22.2. The fraction of sp³-hybridized carbons (Fsp3) is 0.333. The van der Waals surface area contributed by atoms with Crippen LogP contribution in [-0.4, -0.2) is 46.7 Å². The summed E-state index contributed by atoms with van der Waals surface area (Å²) in [5, 5.41) is 5.42. The second-order valence-corrected chi connectivity index (χ2v) is 9.39. The number of imidazole rings is 1. The van der Waals surface area contributed by atoms with Crippen molar-refractivity contribution in [3.63, 3.8) is 0 Å². The molecule has 0 radical (unpaired) electrons. The van der Waals surface area contributed by atoms with E-state index >= 15 is 0 Å². The Bertz CT molecular complexity index is 1540. The van der Waals surface area contributed by atoms with E-state index < -0.39 is 0 Å². The maximum atomic E-state index is 12.7. The van der Waals surface area contributed by atoms with Crippen molar-refractivity contribution >= 4 is 38.5 Å². The number of aryl methyl sites for hydroxylation is 1. The maximum Gasteiger partial charge on any atom is 0.280 e. The molecule has 11 heteroatoms. The number of anilines is 1. The highest BCUT2D eigenvalue weighted by molar-refractivity contribution is 7.13. The van der Waals surface area contributed by atoms with E-state index in [9.17, 15) is 4.79 Å². The molecule has 1 aliphatic heterocycles. The molecular formula is C21H18N8O2S. The molecular weight excluding hydrogens is 428 g/mol. The van der Waals surface area contributed by atoms with Crippen LogP contribution in [0.1, 0.15) is 17.6 Å². The van der Waals surface area contributed by atoms with Gasteiger partial charge < -0.3 is 14.0 Å². The van der Waals surface area contributed by atoms with Gasteiger partial charge in [0.1, 0.15) is 12.9 Å². The van der Waals surface area contributed by atoms with E-state index in [-0.39, 0.29) is 12.1 Å². The van der Waals surface area contributed by atoms with Gasteiger partial charge in [0.15, 0.2) is 17.0 Å². The van der Waals surface area contributed by atoms with Crippen molar-refractivity contribution in [3.8, 4) is 0 Å². The van der Waals surface area contributed by atoms with Crippen LogP contribution in [0.4, 0.5) is 5.69 Å². The van der Waals surface area contributed by atoms with Crippen LogP contribution in [0, 0.1) is 11.8 Å². The molecule has 10 nitrogen and oxygen atoms in total. The van der Waals surface area contributed by atoms with Crippen molar-refractivity contribution in [3.05, 3.63) is 59.1 Å². The third kappa shape index (κ3) is 2.63. The summed E-state index contributed by atoms with van der Waals surface area (Å²) >= 11 is 1.53. The molecule has 0 unspecified atom stereocenters. The molecule has 3 atom stereocenters. The van der Waals surface area contributed by atoms with Gasteiger partial charge in [-0.25, -0.2) is 9.97 Å². The van der Waals surface area contributed by atoms with Gasteiger partial charge in [-0.15, -0.1) is 0 Å². The first kappa shape index (κ1) is 18.0. The molecule has 5 heterocycles. The topological polar surface area (TPSA) is 108 Å². The molecule has 0 amide bonds. The van der Waals surface area contributed by atoms with Gasteiger partial charge in [-0.2, -0.15) is 9.36 Å². The zero-order chi connectivity index (χ0) is 21.4. The van der Waals surface area contributed by atoms with Gasteiger partial charge in [0.25, 0.3) is 5.56 Å². The summed E-state index contributed by atoms with van der Waals surface area (Å²) in [7, 11) is 1.78. The van der Waals surface area contributed by atoms with Crippen LogP contribution in [0.25, 0.3) is 21.3 Å². The molecule has 1 aliphatic carbocycles. The Morgan fingerprint density at radius 1 is 1.19 bits per heavy atom. The molecule has 0 spiro atoms. The molecule has 7 rings (SSSR count). The predicted molar refractivity (Wildman–Crippen MR) is 118 cm³/mol. The van der Waals surface area contributed by atoms with Crippen LogP contribution < -0.4 is 10.5 Å². The summed E-state index contributed by atoms with van der Waals surface area (Å²) in [5.41, 5.74) is 1.96. The lowest BCUT2D eigenvalue weighted by molar-refractivity contribution is 0.363. The quantitative estimate of drug-likeness (QED) is 0.413. The van der Waals surface area contributed by atoms with E-state index in [1.807, 2.05) is 6.20 Å². The highest BCUT2D eigenvalue weighted by atomic mass is 32.1. The van der Waals surface area contributed by atoms with Crippen LogP contribution in [0.5, 0.6) is 0 Å². The number of aromatic nitrogens is 7. The SMILES string of the molecule is Cn1cnc2ncn(Cc3nc([C@H]4[C@@H]5CN(c6ccc7sncc7c6)C[C@@H]54)no3)c(=O)c21. The second kappa shape index (κ2) is 6.45. The van der Waals surface area contributed by atoms with E-state index in [4.69, 9.17) is 4.52 Å². The smallest absolute Gasteiger partial charge is 0.280 e. The van der Waals surface area contributed by atoms with Gasteiger partial charge >= 0.3 is 0 Å². The first-order valence-corrected chi connectivity index (χ1v) is 11.2. The molecule has 1 saturated heterocycles. The van der Waals surface area contributed by atoms with E-state index in [1.54, 1.807) is 17.9 Å². The second-order valence-electron chi connectivity index (χ2n) is 8.56. The Labute approximate surface area is 185 Å². The Morgan fingerprint density at radius 2 is 2.03 bits per heavy atom. The first-order valence-electron chi connectivity index (χ1n) is 10.4. The molecule has 0 N–H and O–H groups in total. The van der Waals surface area contributed by atoms with Gasteiger partial charge in [0.2, 0.25) is 5.89 Å². The molecule has 5 aromatic rings. The van der Waals surface area contributed by atoms with Crippen LogP contribution in [-0.2, 0) is 13.6 Å². The van der Waals surface area contributed by atoms with Crippen molar-refractivity contribution in [1.82, 2.24) is 33.6 Å². The average molecular weight is 446 g/mol. The number of piperidine rings is 1. The lowest BCUT2D eigenvalue weighted by Crippen LogP contribution is -2.23. The van der Waals surface area contributed by atoms with Crippen LogP contribution >= 0.6 is 11.5 Å². The third-order valence-electron chi connectivity index (χ3n) is 6.68. The monoisotopic (exact) mass is 446 g/mol. The summed E-state index contributed by atoms with van der Waals surface area (Å²) in [4.78, 5) is 28.1. The summed E-state index contributed by atoms with van der Waals surface area (Å²) in [5.74, 6) is 2.56. The highest BCUT2D eigenvalue weighted by Crippen LogP contribution is 2.58. The maximum absolute atomic E-state index is 12.7. The van der Waals surface area contributed by atoms with Crippen LogP contribution in [0.15, 0.2) is 46.4 Å². The standard InChI is InChI=1S/C21H18N8O2S/c1-27-9-22-20-18(27)21(30)29(10-23-20)8-16-25-19(26-31-16)17-13-6-28(7-14(13)17)12-2-3-15-11(4-12)5-24-32-15/h2-5,9-10,13-14,17H,6-8H2,1H3/t13-,14+,17+. The fourth-order valence-corrected chi connectivity index (χ4v) is 5.60. The van der Waals surface area contributed by atoms with Gasteiger partial charge in [-0.1, -0.05) is 5.16 Å². The predicted octanol–water partition coefficient (Wildman–Crippen LogP) is 2.02. The van der Waals surface area contributed by atoms with Crippen molar-refractivity contribution in [1.29, 1.82) is 0 Å². The van der Waals surface area contributed by atoms with Gasteiger partial charge in [-0.05, 0) is 41.6 Å². The first-order chi connectivity index (χ1) is 15.7. The number of nitrogens with zero attached hydrogens (tertiary/aromatic N) is 8. The molecule has 1 aromatic carbocycles. The number of rotatable bonds is 4. The molecule has 4 aromatic heterocycles. The number of fused-ring (bicyclic) bond motifs is 3. The molecule has 1 saturated carbocycles. The van der Waals surface area contributed by atoms with Gasteiger partial charge in [0.05, 0.1) is 11.0 Å². The van der Waals surface area contributed by atoms with Crippen molar-refractivity contribution in [2.45, 2.75) is 12.5 Å². The van der Waals surface area contributed by atoms with E-state index in [0.717, 1.165) is 18.9 Å². The number of benzene rings is 1. The number of hydrogen-bond donors (Lipinski definition) is 0. The lowest BCUT2D eigenvalue weighted by atomic mass is 10.2. The molecule has 0 bridgehead atoms. The summed E-state index contributed by atoms with van der Waals surface area (Å²) < 4.78 is 14.1. The van der Waals surface area contributed by atoms with Crippen molar-refractivity contribution < 1.29 is 4.52 Å². The minimum Gasteiger partial charge on any atom is -0.371 e. The zero-order valence-corrected chi connectivity index (χ0v) is 17.9. The molecule has 2 fully saturated rings. The summed E-state index contributed by atoms with van der Waals surface area (Å²) in [6.45, 7) is 2.18. The van der Waals surface area contributed by atoms with E-state index in [1.165, 1.54) is 38.2 Å². The Morgan fingerprint density at radius 3 is 2.91 bits per heavy atom. The van der Waals surface area contributed by atoms with Gasteiger partial charge in [-0.3, -0.25) is 9.36 Å². The van der Waals surface area contributed by atoms with Crippen LogP contribution in [0.2, 0.25) is 0 Å². The zero-order valence-electron chi connectivity index (χ0n) is 17.1. The Balaban J connectivity index is 1.07. The molecule has 2 aliphatic rings. The average Bonchev–Trinajstić information content (AvgIpc) is 3.38. The largest absolute Gasteiger partial charge is 0.371 e. The summed E-state index contributed by atoms with van der Waals surface area (Å²) in [6, 6.07) is 6.54. The van der Waals surface area contributed by atoms with Crippen LogP contribution in [0.3, 0.4) is 0 Å². The molecule has 32 heavy (non-hydrogen) atoms. The Hall–Kier alpha value is -3.60. The fourth-order valence-electron chi connectivity index (χ4n) is 4.97. The van der Waals surface area contributed by atoms with E-state index in [2.05, 4.69) is 47.6 Å². The van der Waals surface area contributed by atoms with E-state index in [0.29, 0.717) is 34.8 Å². The third-order valence-corrected chi connectivity index (χ3v) is 7.46. The van der Waals surface area contributed by atoms with Crippen molar-refractivity contribution in [2.24, 2.45) is 18.9 Å². The summed E-state index contributed by atoms with van der Waals surface area (Å²) in [6.07, 6.45) is 4.99. The lowest BCUT2D eigenvalue weighted by Gasteiger charge is -2.21. The van der Waals surface area contributed by atoms with Crippen molar-refractivity contribution in [2.75, 3.05) is 18.0 Å². The Kier molecular flexibility index (Phi) is 3.63. The molecule has 160 valence electrons. The highest BCUT2D eigenvalue weighted by Gasteiger charge is 2.58. The minimum atomic E-state index is -0.175. The number of hydrogen-bond acceptors (Lipinski definition) is 9. The minimum absolute atomic E-state index is 0.175.